The highest BCUT2D eigenvalue weighted by atomic mass is 35.5. The van der Waals surface area contributed by atoms with Crippen LogP contribution in [0.25, 0.3) is 0 Å². The van der Waals surface area contributed by atoms with E-state index in [1.807, 2.05) is 40.7 Å². The van der Waals surface area contributed by atoms with Crippen molar-refractivity contribution in [2.45, 2.75) is 77.0 Å². The zero-order valence-electron chi connectivity index (χ0n) is 25.1. The molecule has 3 amide bonds. The van der Waals surface area contributed by atoms with Gasteiger partial charge in [0, 0.05) is 31.7 Å². The van der Waals surface area contributed by atoms with Gasteiger partial charge in [0.2, 0.25) is 15.9 Å². The summed E-state index contributed by atoms with van der Waals surface area (Å²) in [6.45, 7) is 10.3. The number of halogens is 2. The van der Waals surface area contributed by atoms with Gasteiger partial charge >= 0.3 is 6.09 Å². The van der Waals surface area contributed by atoms with Crippen molar-refractivity contribution >= 4 is 39.5 Å². The lowest BCUT2D eigenvalue weighted by atomic mass is 9.97. The van der Waals surface area contributed by atoms with Gasteiger partial charge in [0.05, 0.1) is 5.02 Å². The Bertz CT molecular complexity index is 1440. The van der Waals surface area contributed by atoms with Crippen LogP contribution < -0.4 is 15.4 Å². The van der Waals surface area contributed by atoms with Gasteiger partial charge in [-0.25, -0.2) is 22.3 Å². The minimum atomic E-state index is -3.96. The molecule has 0 aromatic heterocycles. The standard InChI is InChI=1S/C30H40ClFN4O6S/c1-19(2)15-25(28(38)33-12-6-13-34-43(40,41)26-10-9-23(32)17-24(26)31)35-27(37)21-8-7-20-11-14-36(18-22(20)16-21)29(39)42-30(3,4)5/h7-10,16-17,19,25,34H,6,11-15,18H2,1-5H3,(H,33,38)(H,35,37)/t25-/m0/s1. The second-order valence-corrected chi connectivity index (χ2v) is 14.1. The Morgan fingerprint density at radius 1 is 1.07 bits per heavy atom. The number of benzene rings is 2. The fourth-order valence-corrected chi connectivity index (χ4v) is 6.13. The van der Waals surface area contributed by atoms with E-state index >= 15 is 0 Å². The van der Waals surface area contributed by atoms with E-state index in [0.29, 0.717) is 31.5 Å². The van der Waals surface area contributed by atoms with Crippen LogP contribution in [0.1, 0.15) is 68.9 Å². The van der Waals surface area contributed by atoms with Crippen LogP contribution in [0.3, 0.4) is 0 Å². The number of carbonyl (C=O) groups is 3. The summed E-state index contributed by atoms with van der Waals surface area (Å²) < 4.78 is 46.1. The quantitative estimate of drug-likeness (QED) is 0.313. The van der Waals surface area contributed by atoms with E-state index in [9.17, 15) is 27.2 Å². The number of nitrogens with zero attached hydrogens (tertiary/aromatic N) is 1. The molecule has 3 N–H and O–H groups in total. The first-order valence-electron chi connectivity index (χ1n) is 14.2. The van der Waals surface area contributed by atoms with Crippen LogP contribution in [0.5, 0.6) is 0 Å². The summed E-state index contributed by atoms with van der Waals surface area (Å²) >= 11 is 5.86. The Balaban J connectivity index is 1.56. The van der Waals surface area contributed by atoms with Gasteiger partial charge < -0.3 is 20.3 Å². The topological polar surface area (TPSA) is 134 Å². The smallest absolute Gasteiger partial charge is 0.410 e. The predicted molar refractivity (Wildman–Crippen MR) is 162 cm³/mol. The molecule has 13 heteroatoms. The zero-order valence-corrected chi connectivity index (χ0v) is 26.7. The van der Waals surface area contributed by atoms with Gasteiger partial charge in [0.25, 0.3) is 5.91 Å². The molecule has 0 unspecified atom stereocenters. The highest BCUT2D eigenvalue weighted by molar-refractivity contribution is 7.89. The van der Waals surface area contributed by atoms with Crippen LogP contribution >= 0.6 is 11.6 Å². The lowest BCUT2D eigenvalue weighted by Crippen LogP contribution is -2.48. The van der Waals surface area contributed by atoms with E-state index < -0.39 is 39.5 Å². The highest BCUT2D eigenvalue weighted by Crippen LogP contribution is 2.23. The lowest BCUT2D eigenvalue weighted by molar-refractivity contribution is -0.123. The van der Waals surface area contributed by atoms with E-state index in [1.54, 1.807) is 17.0 Å². The highest BCUT2D eigenvalue weighted by Gasteiger charge is 2.27. The van der Waals surface area contributed by atoms with Crippen LogP contribution in [-0.2, 0) is 32.5 Å². The number of amides is 3. The first-order valence-corrected chi connectivity index (χ1v) is 16.0. The number of nitrogens with one attached hydrogen (secondary N) is 3. The fourth-order valence-electron chi connectivity index (χ4n) is 4.53. The molecule has 2 aromatic rings. The van der Waals surface area contributed by atoms with Gasteiger partial charge in [-0.2, -0.15) is 0 Å². The van der Waals surface area contributed by atoms with E-state index in [4.69, 9.17) is 16.3 Å². The van der Waals surface area contributed by atoms with Gasteiger partial charge in [-0.05, 0) is 87.4 Å². The van der Waals surface area contributed by atoms with Crippen molar-refractivity contribution in [2.75, 3.05) is 19.6 Å². The Hall–Kier alpha value is -3.22. The normalized spacial score (nSPS) is 14.2. The number of hydrogen-bond donors (Lipinski definition) is 3. The van der Waals surface area contributed by atoms with Crippen molar-refractivity contribution in [3.05, 3.63) is 63.9 Å². The van der Waals surface area contributed by atoms with Gasteiger partial charge in [0.15, 0.2) is 0 Å². The molecule has 1 heterocycles. The first kappa shape index (κ1) is 34.3. The fraction of sp³-hybridized carbons (Fsp3) is 0.500. The molecule has 0 saturated carbocycles. The molecule has 0 aliphatic carbocycles. The van der Waals surface area contributed by atoms with Crippen LogP contribution in [0.4, 0.5) is 9.18 Å². The summed E-state index contributed by atoms with van der Waals surface area (Å²) in [5, 5.41) is 5.35. The van der Waals surface area contributed by atoms with Crippen LogP contribution in [0.15, 0.2) is 41.3 Å². The maximum atomic E-state index is 13.3. The SMILES string of the molecule is CC(C)C[C@H](NC(=O)c1ccc2c(c1)CN(C(=O)OC(C)(C)C)CC2)C(=O)NCCCNS(=O)(=O)c1ccc(F)cc1Cl. The van der Waals surface area contributed by atoms with Crippen molar-refractivity contribution in [2.24, 2.45) is 5.92 Å². The Morgan fingerprint density at radius 3 is 2.44 bits per heavy atom. The minimum Gasteiger partial charge on any atom is -0.444 e. The average Bonchev–Trinajstić information content (AvgIpc) is 2.90. The summed E-state index contributed by atoms with van der Waals surface area (Å²) in [4.78, 5) is 40.1. The summed E-state index contributed by atoms with van der Waals surface area (Å²) in [5.41, 5.74) is 1.65. The first-order chi connectivity index (χ1) is 20.1. The molecule has 1 aliphatic rings. The van der Waals surface area contributed by atoms with E-state index in [-0.39, 0.29) is 41.3 Å². The zero-order chi connectivity index (χ0) is 31.9. The molecule has 10 nitrogen and oxygen atoms in total. The third-order valence-electron chi connectivity index (χ3n) is 6.59. The molecule has 0 saturated heterocycles. The van der Waals surface area contributed by atoms with Crippen molar-refractivity contribution in [3.63, 3.8) is 0 Å². The molecule has 0 bridgehead atoms. The van der Waals surface area contributed by atoms with Crippen LogP contribution in [0, 0.1) is 11.7 Å². The lowest BCUT2D eigenvalue weighted by Gasteiger charge is -2.31. The number of rotatable bonds is 11. The largest absolute Gasteiger partial charge is 0.444 e. The average molecular weight is 639 g/mol. The molecule has 0 spiro atoms. The molecule has 3 rings (SSSR count). The van der Waals surface area contributed by atoms with Gasteiger partial charge in [0.1, 0.15) is 22.4 Å². The summed E-state index contributed by atoms with van der Waals surface area (Å²) in [6, 6.07) is 7.52. The second kappa shape index (κ2) is 14.5. The van der Waals surface area contributed by atoms with E-state index in [0.717, 1.165) is 29.3 Å². The monoisotopic (exact) mass is 638 g/mol. The number of ether oxygens (including phenoxy) is 1. The molecule has 2 aromatic carbocycles. The minimum absolute atomic E-state index is 0.00691. The second-order valence-electron chi connectivity index (χ2n) is 11.9. The summed E-state index contributed by atoms with van der Waals surface area (Å²) in [6.07, 6.45) is 0.895. The van der Waals surface area contributed by atoms with Crippen molar-refractivity contribution in [1.82, 2.24) is 20.3 Å². The molecule has 1 atom stereocenters. The van der Waals surface area contributed by atoms with Crippen molar-refractivity contribution in [1.29, 1.82) is 0 Å². The molecule has 43 heavy (non-hydrogen) atoms. The Morgan fingerprint density at radius 2 is 1.79 bits per heavy atom. The van der Waals surface area contributed by atoms with Gasteiger partial charge in [-0.15, -0.1) is 0 Å². The van der Waals surface area contributed by atoms with Crippen molar-refractivity contribution < 1.29 is 31.9 Å². The third-order valence-corrected chi connectivity index (χ3v) is 8.53. The van der Waals surface area contributed by atoms with E-state index in [2.05, 4.69) is 15.4 Å². The summed E-state index contributed by atoms with van der Waals surface area (Å²) in [7, 11) is -3.96. The number of sulfonamides is 1. The van der Waals surface area contributed by atoms with Crippen LogP contribution in [0.2, 0.25) is 5.02 Å². The molecular formula is C30H40ClFN4O6S. The molecule has 1 aliphatic heterocycles. The van der Waals surface area contributed by atoms with Gasteiger partial charge in [-0.3, -0.25) is 9.59 Å². The van der Waals surface area contributed by atoms with E-state index in [1.165, 1.54) is 0 Å². The molecule has 236 valence electrons. The Labute approximate surface area is 257 Å². The maximum Gasteiger partial charge on any atom is 0.410 e. The third kappa shape index (κ3) is 10.2. The molecule has 0 radical (unpaired) electrons. The predicted octanol–water partition coefficient (Wildman–Crippen LogP) is 4.40. The number of carbonyl (C=O) groups excluding carboxylic acids is 3. The summed E-state index contributed by atoms with van der Waals surface area (Å²) in [5.74, 6) is -1.34. The van der Waals surface area contributed by atoms with Crippen molar-refractivity contribution in [3.8, 4) is 0 Å². The molecular weight excluding hydrogens is 599 g/mol. The number of hydrogen-bond acceptors (Lipinski definition) is 6. The maximum absolute atomic E-state index is 13.3. The van der Waals surface area contributed by atoms with Crippen LogP contribution in [-0.4, -0.2) is 62.5 Å². The van der Waals surface area contributed by atoms with Gasteiger partial charge in [-0.1, -0.05) is 31.5 Å². The molecule has 0 fully saturated rings. The Kier molecular flexibility index (Phi) is 11.6. The number of fused-ring (bicyclic) bond motifs is 1.